The molecule has 0 heterocycles. The Morgan fingerprint density at radius 3 is 1.90 bits per heavy atom. The van der Waals surface area contributed by atoms with Crippen molar-refractivity contribution in [3.05, 3.63) is 25.3 Å². The van der Waals surface area contributed by atoms with Crippen LogP contribution in [-0.4, -0.2) is 25.2 Å². The smallest absolute Gasteiger partial charge is 0.330 e. The molecule has 1 aliphatic rings. The van der Waals surface area contributed by atoms with E-state index >= 15 is 0 Å². The number of carbonyl (C=O) groups is 2. The van der Waals surface area contributed by atoms with Gasteiger partial charge in [-0.3, -0.25) is 0 Å². The van der Waals surface area contributed by atoms with Crippen molar-refractivity contribution in [3.8, 4) is 0 Å². The van der Waals surface area contributed by atoms with Crippen LogP contribution in [0, 0.1) is 11.3 Å². The van der Waals surface area contributed by atoms with E-state index in [1.165, 1.54) is 19.3 Å². The van der Waals surface area contributed by atoms with Gasteiger partial charge in [-0.25, -0.2) is 9.59 Å². The Labute approximate surface area is 127 Å². The lowest BCUT2D eigenvalue weighted by atomic mass is 9.68. The van der Waals surface area contributed by atoms with Crippen LogP contribution in [0.5, 0.6) is 0 Å². The molecule has 118 valence electrons. The zero-order valence-corrected chi connectivity index (χ0v) is 12.9. The summed E-state index contributed by atoms with van der Waals surface area (Å²) >= 11 is 0. The standard InChI is InChI=1S/C17H26O4/c1-4-15(18)20-12-17(6-3,13-21-16(19)5-2)14-10-8-7-9-11-14/h4-5,14H,1-2,6-13H2,3H3. The molecule has 0 aromatic carbocycles. The molecule has 0 aliphatic heterocycles. The third kappa shape index (κ3) is 5.03. The summed E-state index contributed by atoms with van der Waals surface area (Å²) < 4.78 is 10.6. The Kier molecular flexibility index (Phi) is 7.20. The molecule has 0 amide bonds. The van der Waals surface area contributed by atoms with Gasteiger partial charge in [0.25, 0.3) is 0 Å². The Morgan fingerprint density at radius 2 is 1.52 bits per heavy atom. The van der Waals surface area contributed by atoms with E-state index in [-0.39, 0.29) is 18.6 Å². The first-order valence-corrected chi connectivity index (χ1v) is 7.66. The van der Waals surface area contributed by atoms with Crippen LogP contribution >= 0.6 is 0 Å². The normalized spacial score (nSPS) is 16.0. The third-order valence-electron chi connectivity index (χ3n) is 4.51. The predicted molar refractivity (Wildman–Crippen MR) is 81.6 cm³/mol. The second kappa shape index (κ2) is 8.65. The van der Waals surface area contributed by atoms with Crippen LogP contribution in [0.1, 0.15) is 45.4 Å². The van der Waals surface area contributed by atoms with Crippen LogP contribution in [0.2, 0.25) is 0 Å². The van der Waals surface area contributed by atoms with E-state index in [9.17, 15) is 9.59 Å². The fourth-order valence-corrected chi connectivity index (χ4v) is 3.03. The van der Waals surface area contributed by atoms with Gasteiger partial charge in [-0.2, -0.15) is 0 Å². The molecule has 0 spiro atoms. The average molecular weight is 294 g/mol. The number of carbonyl (C=O) groups excluding carboxylic acids is 2. The van der Waals surface area contributed by atoms with Crippen LogP contribution in [0.25, 0.3) is 0 Å². The van der Waals surface area contributed by atoms with Gasteiger partial charge >= 0.3 is 11.9 Å². The highest BCUT2D eigenvalue weighted by molar-refractivity contribution is 5.81. The van der Waals surface area contributed by atoms with E-state index in [2.05, 4.69) is 20.1 Å². The van der Waals surface area contributed by atoms with E-state index in [0.29, 0.717) is 5.92 Å². The summed E-state index contributed by atoms with van der Waals surface area (Å²) in [7, 11) is 0. The molecule has 0 unspecified atom stereocenters. The fraction of sp³-hybridized carbons (Fsp3) is 0.647. The van der Waals surface area contributed by atoms with E-state index in [4.69, 9.17) is 9.47 Å². The number of ether oxygens (including phenoxy) is 2. The molecule has 1 fully saturated rings. The summed E-state index contributed by atoms with van der Waals surface area (Å²) in [5, 5.41) is 0. The molecule has 0 atom stereocenters. The van der Waals surface area contributed by atoms with Crippen molar-refractivity contribution in [2.45, 2.75) is 45.4 Å². The first-order valence-electron chi connectivity index (χ1n) is 7.66. The fourth-order valence-electron chi connectivity index (χ4n) is 3.03. The van der Waals surface area contributed by atoms with Crippen LogP contribution in [0.15, 0.2) is 25.3 Å². The highest BCUT2D eigenvalue weighted by Crippen LogP contribution is 2.42. The SMILES string of the molecule is C=CC(=O)OCC(CC)(COC(=O)C=C)C1CCCCC1. The summed E-state index contributed by atoms with van der Waals surface area (Å²) in [6, 6.07) is 0. The second-order valence-corrected chi connectivity index (χ2v) is 5.67. The maximum Gasteiger partial charge on any atom is 0.330 e. The van der Waals surface area contributed by atoms with E-state index in [0.717, 1.165) is 31.4 Å². The molecule has 1 rings (SSSR count). The van der Waals surface area contributed by atoms with E-state index in [1.54, 1.807) is 0 Å². The highest BCUT2D eigenvalue weighted by atomic mass is 16.5. The molecule has 0 N–H and O–H groups in total. The van der Waals surface area contributed by atoms with Gasteiger partial charge < -0.3 is 9.47 Å². The number of esters is 2. The largest absolute Gasteiger partial charge is 0.462 e. The van der Waals surface area contributed by atoms with Gasteiger partial charge in [-0.1, -0.05) is 39.3 Å². The van der Waals surface area contributed by atoms with Gasteiger partial charge in [-0.05, 0) is 25.2 Å². The molecule has 4 nitrogen and oxygen atoms in total. The highest BCUT2D eigenvalue weighted by Gasteiger charge is 2.40. The van der Waals surface area contributed by atoms with Gasteiger partial charge in [0, 0.05) is 17.6 Å². The average Bonchev–Trinajstić information content (AvgIpc) is 2.55. The van der Waals surface area contributed by atoms with Crippen molar-refractivity contribution in [2.75, 3.05) is 13.2 Å². The summed E-state index contributed by atoms with van der Waals surface area (Å²) in [5.74, 6) is -0.455. The van der Waals surface area contributed by atoms with Gasteiger partial charge in [0.15, 0.2) is 0 Å². The summed E-state index contributed by atoms with van der Waals surface area (Å²) in [6.07, 6.45) is 8.90. The quantitative estimate of drug-likeness (QED) is 0.508. The molecule has 0 aromatic rings. The molecule has 4 heteroatoms. The molecule has 0 bridgehead atoms. The van der Waals surface area contributed by atoms with Crippen LogP contribution in [-0.2, 0) is 19.1 Å². The Hall–Kier alpha value is -1.58. The van der Waals surface area contributed by atoms with Gasteiger partial charge in [0.2, 0.25) is 0 Å². The van der Waals surface area contributed by atoms with Crippen molar-refractivity contribution >= 4 is 11.9 Å². The van der Waals surface area contributed by atoms with Crippen molar-refractivity contribution in [2.24, 2.45) is 11.3 Å². The molecule has 1 aliphatic carbocycles. The summed E-state index contributed by atoms with van der Waals surface area (Å²) in [6.45, 7) is 9.42. The zero-order valence-electron chi connectivity index (χ0n) is 12.9. The van der Waals surface area contributed by atoms with Gasteiger partial charge in [-0.15, -0.1) is 0 Å². The van der Waals surface area contributed by atoms with Crippen LogP contribution < -0.4 is 0 Å². The first-order chi connectivity index (χ1) is 10.1. The summed E-state index contributed by atoms with van der Waals surface area (Å²) in [5.41, 5.74) is -0.308. The van der Waals surface area contributed by atoms with Gasteiger partial charge in [0.1, 0.15) is 13.2 Å². The number of hydrogen-bond acceptors (Lipinski definition) is 4. The van der Waals surface area contributed by atoms with Crippen LogP contribution in [0.3, 0.4) is 0 Å². The van der Waals surface area contributed by atoms with Crippen LogP contribution in [0.4, 0.5) is 0 Å². The minimum Gasteiger partial charge on any atom is -0.462 e. The molecule has 0 radical (unpaired) electrons. The van der Waals surface area contributed by atoms with E-state index in [1.807, 2.05) is 0 Å². The lowest BCUT2D eigenvalue weighted by molar-refractivity contribution is -0.152. The minimum atomic E-state index is -0.432. The van der Waals surface area contributed by atoms with Crippen molar-refractivity contribution in [1.82, 2.24) is 0 Å². The second-order valence-electron chi connectivity index (χ2n) is 5.67. The minimum absolute atomic E-state index is 0.267. The first kappa shape index (κ1) is 17.5. The molecular formula is C17H26O4. The van der Waals surface area contributed by atoms with Crippen molar-refractivity contribution in [1.29, 1.82) is 0 Å². The molecule has 1 saturated carbocycles. The van der Waals surface area contributed by atoms with Gasteiger partial charge in [0.05, 0.1) is 0 Å². The lowest BCUT2D eigenvalue weighted by Gasteiger charge is -2.41. The maximum absolute atomic E-state index is 11.4. The predicted octanol–water partition coefficient (Wildman–Crippen LogP) is 3.42. The zero-order chi connectivity index (χ0) is 15.7. The Morgan fingerprint density at radius 1 is 1.05 bits per heavy atom. The van der Waals surface area contributed by atoms with Crippen molar-refractivity contribution in [3.63, 3.8) is 0 Å². The topological polar surface area (TPSA) is 52.6 Å². The maximum atomic E-state index is 11.4. The third-order valence-corrected chi connectivity index (χ3v) is 4.51. The monoisotopic (exact) mass is 294 g/mol. The lowest BCUT2D eigenvalue weighted by Crippen LogP contribution is -2.41. The molecular weight excluding hydrogens is 268 g/mol. The Bertz CT molecular complexity index is 356. The Balaban J connectivity index is 2.81. The number of rotatable bonds is 8. The molecule has 0 saturated heterocycles. The molecule has 21 heavy (non-hydrogen) atoms. The van der Waals surface area contributed by atoms with Crippen molar-refractivity contribution < 1.29 is 19.1 Å². The summed E-state index contributed by atoms with van der Waals surface area (Å²) in [4.78, 5) is 22.8. The number of hydrogen-bond donors (Lipinski definition) is 0. The molecule has 0 aromatic heterocycles. The van der Waals surface area contributed by atoms with E-state index < -0.39 is 11.9 Å².